The molecule has 2 aliphatic carbocycles. The van der Waals surface area contributed by atoms with E-state index >= 15 is 4.79 Å². The van der Waals surface area contributed by atoms with Gasteiger partial charge >= 0.3 is 6.18 Å². The van der Waals surface area contributed by atoms with Gasteiger partial charge in [-0.15, -0.1) is 0 Å². The summed E-state index contributed by atoms with van der Waals surface area (Å²) in [6.45, 7) is 0. The Morgan fingerprint density at radius 2 is 1.58 bits per heavy atom. The van der Waals surface area contributed by atoms with Crippen molar-refractivity contribution in [3.8, 4) is 5.75 Å². The predicted octanol–water partition coefficient (Wildman–Crippen LogP) is 7.33. The fraction of sp³-hybridized carbons (Fsp3) is 0.256. The molecule has 3 heterocycles. The van der Waals surface area contributed by atoms with E-state index < -0.39 is 76.3 Å². The highest BCUT2D eigenvalue weighted by atomic mass is 35.5. The van der Waals surface area contributed by atoms with Gasteiger partial charge in [-0.05, 0) is 72.4 Å². The lowest BCUT2D eigenvalue weighted by atomic mass is 9.49. The van der Waals surface area contributed by atoms with Gasteiger partial charge in [0.2, 0.25) is 11.8 Å². The molecule has 0 bridgehead atoms. The first-order valence-electron chi connectivity index (χ1n) is 16.8. The van der Waals surface area contributed by atoms with E-state index in [0.717, 1.165) is 21.0 Å². The minimum Gasteiger partial charge on any atom is -0.508 e. The van der Waals surface area contributed by atoms with Crippen LogP contribution in [0.15, 0.2) is 103 Å². The molecule has 3 fully saturated rings. The SMILES string of the molecule is CN(c1nc(C(F)(F)F)ccc1Cl)N1C(=O)C2CC=C3C(CC4C(=O)N(c5cccc(Cl)c5)C(=O)C4(c4ccccc4)C3c3ccc(O)cc3)C2C1=O. The maximum Gasteiger partial charge on any atom is 0.433 e. The first-order chi connectivity index (χ1) is 25.2. The van der Waals surface area contributed by atoms with Gasteiger partial charge < -0.3 is 5.11 Å². The van der Waals surface area contributed by atoms with Gasteiger partial charge in [0.05, 0.1) is 33.9 Å². The molecule has 4 amide bonds. The van der Waals surface area contributed by atoms with Gasteiger partial charge in [-0.25, -0.2) is 9.88 Å². The topological polar surface area (TPSA) is 111 Å². The molecule has 53 heavy (non-hydrogen) atoms. The Labute approximate surface area is 311 Å². The van der Waals surface area contributed by atoms with Crippen LogP contribution in [-0.2, 0) is 30.8 Å². The van der Waals surface area contributed by atoms with Gasteiger partial charge in [-0.2, -0.15) is 18.2 Å². The number of anilines is 2. The number of nitrogens with zero attached hydrogens (tertiary/aromatic N) is 4. The van der Waals surface area contributed by atoms with Crippen molar-refractivity contribution in [3.63, 3.8) is 0 Å². The third-order valence-electron chi connectivity index (χ3n) is 11.1. The first kappa shape index (κ1) is 34.9. The largest absolute Gasteiger partial charge is 0.508 e. The summed E-state index contributed by atoms with van der Waals surface area (Å²) in [4.78, 5) is 63.5. The predicted molar refractivity (Wildman–Crippen MR) is 189 cm³/mol. The Morgan fingerprint density at radius 3 is 2.26 bits per heavy atom. The number of phenols is 1. The number of aromatic hydroxyl groups is 1. The number of hydrazine groups is 1. The van der Waals surface area contributed by atoms with E-state index in [2.05, 4.69) is 4.98 Å². The maximum absolute atomic E-state index is 15.2. The standard InChI is InChI=1S/C39H29Cl2F3N4O5/c1-46(33-29(41)16-17-30(45-33)39(42,43)44)48-34(50)26-15-14-25-27(31(26)36(48)52)19-28-35(51)47(23-9-5-8-22(40)18-23)37(53)38(28,21-6-3-2-4-7-21)32(25)20-10-12-24(49)13-11-20/h2-14,16-18,26-28,31-32,49H,15,19H2,1H3. The molecule has 6 atom stereocenters. The van der Waals surface area contributed by atoms with E-state index in [9.17, 15) is 32.7 Å². The number of alkyl halides is 3. The Balaban J connectivity index is 1.28. The van der Waals surface area contributed by atoms with Crippen molar-refractivity contribution >= 4 is 58.3 Å². The van der Waals surface area contributed by atoms with Gasteiger partial charge in [-0.3, -0.25) is 24.2 Å². The Kier molecular flexibility index (Phi) is 8.19. The molecule has 1 aromatic heterocycles. The van der Waals surface area contributed by atoms with Gasteiger partial charge in [0.1, 0.15) is 11.4 Å². The summed E-state index contributed by atoms with van der Waals surface area (Å²) in [6, 6.07) is 23.4. The van der Waals surface area contributed by atoms with Crippen LogP contribution in [0.25, 0.3) is 0 Å². The fourth-order valence-electron chi connectivity index (χ4n) is 8.98. The molecular weight excluding hydrogens is 732 g/mol. The van der Waals surface area contributed by atoms with Crippen LogP contribution >= 0.6 is 23.2 Å². The zero-order chi connectivity index (χ0) is 37.6. The van der Waals surface area contributed by atoms with Crippen LogP contribution in [0, 0.1) is 23.7 Å². The smallest absolute Gasteiger partial charge is 0.433 e. The molecular formula is C39H29Cl2F3N4O5. The van der Waals surface area contributed by atoms with E-state index in [1.807, 2.05) is 6.08 Å². The number of imide groups is 2. The summed E-state index contributed by atoms with van der Waals surface area (Å²) >= 11 is 12.6. The highest BCUT2D eigenvalue weighted by molar-refractivity contribution is 6.33. The minimum atomic E-state index is -4.81. The van der Waals surface area contributed by atoms with Crippen molar-refractivity contribution in [1.82, 2.24) is 9.99 Å². The van der Waals surface area contributed by atoms with Crippen molar-refractivity contribution in [2.24, 2.45) is 23.7 Å². The molecule has 1 saturated carbocycles. The molecule has 3 aromatic carbocycles. The van der Waals surface area contributed by atoms with Crippen LogP contribution in [0.4, 0.5) is 24.7 Å². The fourth-order valence-corrected chi connectivity index (χ4v) is 9.39. The molecule has 9 nitrogen and oxygen atoms in total. The summed E-state index contributed by atoms with van der Waals surface area (Å²) in [5, 5.41) is 12.1. The summed E-state index contributed by atoms with van der Waals surface area (Å²) in [7, 11) is 1.25. The van der Waals surface area contributed by atoms with Crippen LogP contribution in [0.2, 0.25) is 10.0 Å². The number of allylic oxidation sites excluding steroid dienone is 2. The number of phenolic OH excluding ortho intramolecular Hbond substituents is 1. The van der Waals surface area contributed by atoms with Gasteiger partial charge in [0.15, 0.2) is 5.82 Å². The number of hydrogen-bond acceptors (Lipinski definition) is 7. The number of amides is 4. The van der Waals surface area contributed by atoms with E-state index in [1.165, 1.54) is 25.2 Å². The average Bonchev–Trinajstić information content (AvgIpc) is 3.52. The zero-order valence-corrected chi connectivity index (χ0v) is 29.3. The van der Waals surface area contributed by atoms with Crippen LogP contribution in [0.5, 0.6) is 5.75 Å². The zero-order valence-electron chi connectivity index (χ0n) is 27.8. The molecule has 8 rings (SSSR count). The molecule has 4 aromatic rings. The normalized spacial score (nSPS) is 26.7. The number of benzene rings is 3. The Bertz CT molecular complexity index is 2230. The van der Waals surface area contributed by atoms with Gasteiger partial charge in [0.25, 0.3) is 11.8 Å². The maximum atomic E-state index is 15.2. The highest BCUT2D eigenvalue weighted by Gasteiger charge is 2.70. The quantitative estimate of drug-likeness (QED) is 0.168. The van der Waals surface area contributed by atoms with Crippen LogP contribution in [0.1, 0.15) is 35.6 Å². The molecule has 2 aliphatic heterocycles. The van der Waals surface area contributed by atoms with Crippen molar-refractivity contribution in [3.05, 3.63) is 130 Å². The molecule has 1 N–H and O–H groups in total. The molecule has 270 valence electrons. The van der Waals surface area contributed by atoms with Crippen molar-refractivity contribution < 1.29 is 37.5 Å². The van der Waals surface area contributed by atoms with Crippen LogP contribution < -0.4 is 9.91 Å². The second-order valence-corrected chi connectivity index (χ2v) is 14.5. The second-order valence-electron chi connectivity index (χ2n) is 13.7. The number of carbonyl (C=O) groups is 4. The van der Waals surface area contributed by atoms with E-state index in [1.54, 1.807) is 60.7 Å². The average molecular weight is 762 g/mol. The summed E-state index contributed by atoms with van der Waals surface area (Å²) < 4.78 is 40.9. The van der Waals surface area contributed by atoms with E-state index in [4.69, 9.17) is 23.2 Å². The van der Waals surface area contributed by atoms with Gasteiger partial charge in [0, 0.05) is 18.0 Å². The molecule has 0 radical (unpaired) electrons. The van der Waals surface area contributed by atoms with Crippen LogP contribution in [-0.4, -0.2) is 45.8 Å². The number of halogens is 5. The summed E-state index contributed by atoms with van der Waals surface area (Å²) in [6.07, 6.45) is -2.86. The Morgan fingerprint density at radius 1 is 0.868 bits per heavy atom. The van der Waals surface area contributed by atoms with E-state index in [0.29, 0.717) is 27.8 Å². The number of aromatic nitrogens is 1. The lowest BCUT2D eigenvalue weighted by Gasteiger charge is -2.50. The number of pyridine rings is 1. The number of hydrogen-bond donors (Lipinski definition) is 1. The highest BCUT2D eigenvalue weighted by Crippen LogP contribution is 2.64. The number of carbonyl (C=O) groups excluding carboxylic acids is 4. The molecule has 0 spiro atoms. The monoisotopic (exact) mass is 760 g/mol. The number of rotatable bonds is 5. The first-order valence-corrected chi connectivity index (χ1v) is 17.5. The molecule has 2 saturated heterocycles. The molecule has 14 heteroatoms. The summed E-state index contributed by atoms with van der Waals surface area (Å²) in [5.41, 5.74) is -0.628. The summed E-state index contributed by atoms with van der Waals surface area (Å²) in [5.74, 6) is -7.29. The second kappa shape index (κ2) is 12.4. The number of fused-ring (bicyclic) bond motifs is 4. The van der Waals surface area contributed by atoms with Crippen molar-refractivity contribution in [2.45, 2.75) is 30.4 Å². The molecule has 6 unspecified atom stereocenters. The Hall–Kier alpha value is -5.20. The molecule has 4 aliphatic rings. The van der Waals surface area contributed by atoms with Crippen LogP contribution in [0.3, 0.4) is 0 Å². The lowest BCUT2D eigenvalue weighted by Crippen LogP contribution is -2.53. The third kappa shape index (κ3) is 5.17. The van der Waals surface area contributed by atoms with Crippen molar-refractivity contribution in [2.75, 3.05) is 17.0 Å². The lowest BCUT2D eigenvalue weighted by molar-refractivity contribution is -0.141. The third-order valence-corrected chi connectivity index (χ3v) is 11.6. The van der Waals surface area contributed by atoms with Gasteiger partial charge in [-0.1, -0.05) is 83.4 Å². The van der Waals surface area contributed by atoms with E-state index in [-0.39, 0.29) is 29.3 Å². The minimum absolute atomic E-state index is 0.0112. The van der Waals surface area contributed by atoms with Crippen molar-refractivity contribution in [1.29, 1.82) is 0 Å².